The van der Waals surface area contributed by atoms with Crippen LogP contribution < -0.4 is 11.1 Å². The Hall–Kier alpha value is -2.66. The SMILES string of the molecule is Cc1cccn2cc(C(=O)NC3CCc4cc(CN)ccc43)nc12. The molecule has 1 unspecified atom stereocenters. The summed E-state index contributed by atoms with van der Waals surface area (Å²) in [5.74, 6) is -0.126. The first kappa shape index (κ1) is 14.9. The Bertz CT molecular complexity index is 928. The van der Waals surface area contributed by atoms with Crippen LogP contribution in [-0.2, 0) is 13.0 Å². The van der Waals surface area contributed by atoms with Crippen molar-refractivity contribution in [2.75, 3.05) is 0 Å². The van der Waals surface area contributed by atoms with Crippen molar-refractivity contribution in [2.24, 2.45) is 5.73 Å². The molecule has 0 spiro atoms. The fourth-order valence-electron chi connectivity index (χ4n) is 3.44. The van der Waals surface area contributed by atoms with Crippen molar-refractivity contribution in [1.29, 1.82) is 0 Å². The summed E-state index contributed by atoms with van der Waals surface area (Å²) in [6, 6.07) is 10.3. The number of carbonyl (C=O) groups excluding carboxylic acids is 1. The van der Waals surface area contributed by atoms with Crippen molar-refractivity contribution in [1.82, 2.24) is 14.7 Å². The Morgan fingerprint density at radius 2 is 2.29 bits per heavy atom. The molecule has 3 aromatic rings. The van der Waals surface area contributed by atoms with E-state index in [4.69, 9.17) is 5.73 Å². The van der Waals surface area contributed by atoms with E-state index >= 15 is 0 Å². The summed E-state index contributed by atoms with van der Waals surface area (Å²) < 4.78 is 1.89. The summed E-state index contributed by atoms with van der Waals surface area (Å²) in [6.07, 6.45) is 5.58. The Kier molecular flexibility index (Phi) is 3.58. The number of fused-ring (bicyclic) bond motifs is 2. The Morgan fingerprint density at radius 3 is 3.08 bits per heavy atom. The second kappa shape index (κ2) is 5.76. The summed E-state index contributed by atoms with van der Waals surface area (Å²) >= 11 is 0. The van der Waals surface area contributed by atoms with Gasteiger partial charge >= 0.3 is 0 Å². The number of pyridine rings is 1. The minimum atomic E-state index is -0.126. The van der Waals surface area contributed by atoms with Crippen molar-refractivity contribution in [3.63, 3.8) is 0 Å². The molecule has 0 saturated heterocycles. The molecule has 3 N–H and O–H groups in total. The second-order valence-corrected chi connectivity index (χ2v) is 6.35. The maximum absolute atomic E-state index is 12.6. The molecular formula is C19H20N4O. The number of nitrogens with two attached hydrogens (primary N) is 1. The van der Waals surface area contributed by atoms with Gasteiger partial charge in [-0.15, -0.1) is 0 Å². The van der Waals surface area contributed by atoms with Gasteiger partial charge in [-0.2, -0.15) is 0 Å². The Balaban J connectivity index is 1.58. The highest BCUT2D eigenvalue weighted by molar-refractivity contribution is 5.93. The number of nitrogens with one attached hydrogen (secondary N) is 1. The number of aryl methyl sites for hydroxylation is 2. The molecule has 0 radical (unpaired) electrons. The van der Waals surface area contributed by atoms with Crippen molar-refractivity contribution < 1.29 is 4.79 Å². The quantitative estimate of drug-likeness (QED) is 0.779. The number of carbonyl (C=O) groups is 1. The predicted molar refractivity (Wildman–Crippen MR) is 92.8 cm³/mol. The number of nitrogens with zero attached hydrogens (tertiary/aromatic N) is 2. The third-order valence-electron chi connectivity index (χ3n) is 4.74. The first-order valence-corrected chi connectivity index (χ1v) is 8.22. The normalized spacial score (nSPS) is 16.3. The monoisotopic (exact) mass is 320 g/mol. The topological polar surface area (TPSA) is 72.4 Å². The zero-order valence-electron chi connectivity index (χ0n) is 13.6. The van der Waals surface area contributed by atoms with Gasteiger partial charge in [-0.3, -0.25) is 4.79 Å². The average molecular weight is 320 g/mol. The molecule has 1 amide bonds. The van der Waals surface area contributed by atoms with E-state index in [9.17, 15) is 4.79 Å². The summed E-state index contributed by atoms with van der Waals surface area (Å²) in [4.78, 5) is 17.1. The lowest BCUT2D eigenvalue weighted by Gasteiger charge is -2.13. The summed E-state index contributed by atoms with van der Waals surface area (Å²) in [5, 5.41) is 3.12. The number of amides is 1. The molecule has 4 rings (SSSR count). The van der Waals surface area contributed by atoms with Crippen molar-refractivity contribution in [2.45, 2.75) is 32.4 Å². The van der Waals surface area contributed by atoms with E-state index in [1.54, 1.807) is 6.20 Å². The summed E-state index contributed by atoms with van der Waals surface area (Å²) in [7, 11) is 0. The number of aromatic nitrogens is 2. The maximum atomic E-state index is 12.6. The van der Waals surface area contributed by atoms with Gasteiger partial charge in [0.15, 0.2) is 0 Å². The predicted octanol–water partition coefficient (Wildman–Crippen LogP) is 2.52. The van der Waals surface area contributed by atoms with Gasteiger partial charge in [-0.05, 0) is 48.1 Å². The first-order valence-electron chi connectivity index (χ1n) is 8.22. The molecular weight excluding hydrogens is 300 g/mol. The fraction of sp³-hybridized carbons (Fsp3) is 0.263. The van der Waals surface area contributed by atoms with Crippen LogP contribution in [0, 0.1) is 6.92 Å². The molecule has 122 valence electrons. The van der Waals surface area contributed by atoms with Crippen LogP contribution in [0.3, 0.4) is 0 Å². The minimum absolute atomic E-state index is 0.0465. The highest BCUT2D eigenvalue weighted by Crippen LogP contribution is 2.32. The van der Waals surface area contributed by atoms with E-state index in [1.165, 1.54) is 11.1 Å². The van der Waals surface area contributed by atoms with Gasteiger partial charge in [0, 0.05) is 18.9 Å². The van der Waals surface area contributed by atoms with Crippen molar-refractivity contribution >= 4 is 11.6 Å². The van der Waals surface area contributed by atoms with Crippen molar-refractivity contribution in [3.8, 4) is 0 Å². The van der Waals surface area contributed by atoms with Crippen LogP contribution in [0.5, 0.6) is 0 Å². The molecule has 5 heteroatoms. The molecule has 0 bridgehead atoms. The molecule has 0 aliphatic heterocycles. The van der Waals surface area contributed by atoms with Crippen LogP contribution >= 0.6 is 0 Å². The van der Waals surface area contributed by atoms with Crippen LogP contribution in [0.15, 0.2) is 42.7 Å². The molecule has 0 saturated carbocycles. The van der Waals surface area contributed by atoms with Gasteiger partial charge in [0.05, 0.1) is 6.04 Å². The van der Waals surface area contributed by atoms with Gasteiger partial charge in [0.25, 0.3) is 5.91 Å². The third-order valence-corrected chi connectivity index (χ3v) is 4.74. The molecule has 1 aliphatic carbocycles. The number of benzene rings is 1. The van der Waals surface area contributed by atoms with Gasteiger partial charge in [0.2, 0.25) is 0 Å². The molecule has 1 atom stereocenters. The number of rotatable bonds is 3. The van der Waals surface area contributed by atoms with Gasteiger partial charge < -0.3 is 15.5 Å². The van der Waals surface area contributed by atoms with E-state index in [2.05, 4.69) is 22.4 Å². The van der Waals surface area contributed by atoms with Gasteiger partial charge in [0.1, 0.15) is 11.3 Å². The van der Waals surface area contributed by atoms with Crippen LogP contribution in [0.2, 0.25) is 0 Å². The number of hydrogen-bond acceptors (Lipinski definition) is 3. The van der Waals surface area contributed by atoms with Crippen molar-refractivity contribution in [3.05, 3.63) is 70.7 Å². The molecule has 2 aromatic heterocycles. The van der Waals surface area contributed by atoms with Crippen LogP contribution in [0.1, 0.15) is 45.2 Å². The lowest BCUT2D eigenvalue weighted by Crippen LogP contribution is -2.27. The van der Waals surface area contributed by atoms with E-state index in [-0.39, 0.29) is 11.9 Å². The highest BCUT2D eigenvalue weighted by atomic mass is 16.2. The summed E-state index contributed by atoms with van der Waals surface area (Å²) in [5.41, 5.74) is 11.6. The minimum Gasteiger partial charge on any atom is -0.344 e. The number of imidazole rings is 1. The van der Waals surface area contributed by atoms with E-state index in [1.807, 2.05) is 35.7 Å². The van der Waals surface area contributed by atoms with Crippen LogP contribution in [0.4, 0.5) is 0 Å². The zero-order valence-corrected chi connectivity index (χ0v) is 13.6. The van der Waals surface area contributed by atoms with Crippen LogP contribution in [-0.4, -0.2) is 15.3 Å². The zero-order chi connectivity index (χ0) is 16.7. The molecule has 0 fully saturated rings. The van der Waals surface area contributed by atoms with E-state index in [0.29, 0.717) is 12.2 Å². The Labute approximate surface area is 140 Å². The maximum Gasteiger partial charge on any atom is 0.271 e. The molecule has 1 aromatic carbocycles. The lowest BCUT2D eigenvalue weighted by atomic mass is 10.0. The van der Waals surface area contributed by atoms with Gasteiger partial charge in [-0.1, -0.05) is 24.3 Å². The molecule has 1 aliphatic rings. The molecule has 5 nitrogen and oxygen atoms in total. The number of hydrogen-bond donors (Lipinski definition) is 2. The second-order valence-electron chi connectivity index (χ2n) is 6.35. The fourth-order valence-corrected chi connectivity index (χ4v) is 3.44. The first-order chi connectivity index (χ1) is 11.7. The standard InChI is InChI=1S/C19H20N4O/c1-12-3-2-8-23-11-17(21-18(12)23)19(24)22-16-7-5-14-9-13(10-20)4-6-15(14)16/h2-4,6,8-9,11,16H,5,7,10,20H2,1H3,(H,22,24). The Morgan fingerprint density at radius 1 is 1.42 bits per heavy atom. The van der Waals surface area contributed by atoms with E-state index in [0.717, 1.165) is 29.6 Å². The third kappa shape index (κ3) is 2.47. The van der Waals surface area contributed by atoms with E-state index < -0.39 is 0 Å². The molecule has 24 heavy (non-hydrogen) atoms. The highest BCUT2D eigenvalue weighted by Gasteiger charge is 2.25. The van der Waals surface area contributed by atoms with Gasteiger partial charge in [-0.25, -0.2) is 4.98 Å². The lowest BCUT2D eigenvalue weighted by molar-refractivity contribution is 0.0932. The average Bonchev–Trinajstić information content (AvgIpc) is 3.19. The van der Waals surface area contributed by atoms with Crippen LogP contribution in [0.25, 0.3) is 5.65 Å². The molecule has 2 heterocycles. The summed E-state index contributed by atoms with van der Waals surface area (Å²) in [6.45, 7) is 2.54. The largest absolute Gasteiger partial charge is 0.344 e. The smallest absolute Gasteiger partial charge is 0.271 e.